The van der Waals surface area contributed by atoms with E-state index in [4.69, 9.17) is 32.7 Å². The van der Waals surface area contributed by atoms with E-state index in [9.17, 15) is 9.59 Å². The Morgan fingerprint density at radius 2 is 1.67 bits per heavy atom. The minimum absolute atomic E-state index is 0.0378. The van der Waals surface area contributed by atoms with Crippen LogP contribution in [-0.2, 0) is 16.0 Å². The molecule has 1 fully saturated rings. The van der Waals surface area contributed by atoms with Gasteiger partial charge in [-0.1, -0.05) is 74.4 Å². The van der Waals surface area contributed by atoms with Crippen molar-refractivity contribution in [3.05, 3.63) is 52.0 Å². The highest BCUT2D eigenvalue weighted by molar-refractivity contribution is 6.43. The molecule has 0 atom stereocenters. The lowest BCUT2D eigenvalue weighted by molar-refractivity contribution is -0.119. The van der Waals surface area contributed by atoms with Gasteiger partial charge in [0.05, 0.1) is 28.0 Å². The summed E-state index contributed by atoms with van der Waals surface area (Å²) in [4.78, 5) is 33.8. The number of halogens is 2. The predicted octanol–water partition coefficient (Wildman–Crippen LogP) is 8.03. The van der Waals surface area contributed by atoms with Gasteiger partial charge in [-0.2, -0.15) is 0 Å². The van der Waals surface area contributed by atoms with E-state index in [0.717, 1.165) is 81.1 Å². The van der Waals surface area contributed by atoms with E-state index in [2.05, 4.69) is 16.7 Å². The summed E-state index contributed by atoms with van der Waals surface area (Å²) in [6.07, 6.45) is 9.69. The SMILES string of the molecule is CCCCCCCCN(CC)C(=O)OCN1C(=O)CCc2ccc(OCCCCN3CCN(c4cccc(Cl)c4Cl)CC3)cc21. The number of rotatable bonds is 17. The lowest BCUT2D eigenvalue weighted by Gasteiger charge is -2.36. The number of carbonyl (C=O) groups excluding carboxylic acids is 2. The molecule has 8 nitrogen and oxygen atoms in total. The van der Waals surface area contributed by atoms with Crippen molar-refractivity contribution >= 4 is 46.6 Å². The van der Waals surface area contributed by atoms with Crippen LogP contribution in [0.1, 0.15) is 77.2 Å². The van der Waals surface area contributed by atoms with Gasteiger partial charge in [-0.25, -0.2) is 4.79 Å². The molecule has 10 heteroatoms. The maximum absolute atomic E-state index is 12.9. The van der Waals surface area contributed by atoms with Gasteiger partial charge in [0.2, 0.25) is 5.91 Å². The number of benzene rings is 2. The molecule has 0 aromatic heterocycles. The lowest BCUT2D eigenvalue weighted by Crippen LogP contribution is -2.46. The molecule has 0 N–H and O–H groups in total. The van der Waals surface area contributed by atoms with Crippen molar-refractivity contribution in [2.24, 2.45) is 0 Å². The van der Waals surface area contributed by atoms with E-state index in [1.807, 2.05) is 43.3 Å². The molecule has 1 saturated heterocycles. The number of hydrogen-bond acceptors (Lipinski definition) is 6. The maximum Gasteiger partial charge on any atom is 0.411 e. The monoisotopic (exact) mass is 660 g/mol. The Morgan fingerprint density at radius 3 is 2.44 bits per heavy atom. The minimum Gasteiger partial charge on any atom is -0.494 e. The Hall–Kier alpha value is -2.68. The summed E-state index contributed by atoms with van der Waals surface area (Å²) < 4.78 is 11.7. The fourth-order valence-electron chi connectivity index (χ4n) is 6.00. The van der Waals surface area contributed by atoms with Crippen LogP contribution in [0.3, 0.4) is 0 Å². The number of piperazine rings is 1. The van der Waals surface area contributed by atoms with Gasteiger partial charge < -0.3 is 19.3 Å². The van der Waals surface area contributed by atoms with Crippen LogP contribution in [0.25, 0.3) is 0 Å². The van der Waals surface area contributed by atoms with E-state index >= 15 is 0 Å². The van der Waals surface area contributed by atoms with Crippen LogP contribution in [0.4, 0.5) is 16.2 Å². The van der Waals surface area contributed by atoms with Crippen molar-refractivity contribution in [2.75, 3.05) is 69.0 Å². The molecule has 2 aromatic carbocycles. The molecule has 45 heavy (non-hydrogen) atoms. The van der Waals surface area contributed by atoms with Crippen LogP contribution >= 0.6 is 23.2 Å². The minimum atomic E-state index is -0.368. The second kappa shape index (κ2) is 18.5. The highest BCUT2D eigenvalue weighted by Gasteiger charge is 2.27. The molecule has 0 spiro atoms. The Kier molecular flexibility index (Phi) is 14.4. The molecule has 0 aliphatic carbocycles. The van der Waals surface area contributed by atoms with Crippen molar-refractivity contribution in [3.8, 4) is 5.75 Å². The van der Waals surface area contributed by atoms with E-state index in [1.165, 1.54) is 25.7 Å². The molecule has 2 amide bonds. The zero-order valence-corrected chi connectivity index (χ0v) is 28.6. The van der Waals surface area contributed by atoms with Crippen LogP contribution in [0.15, 0.2) is 36.4 Å². The van der Waals surface area contributed by atoms with Gasteiger partial charge in [-0.3, -0.25) is 14.6 Å². The zero-order valence-electron chi connectivity index (χ0n) is 27.1. The number of anilines is 2. The van der Waals surface area contributed by atoms with E-state index < -0.39 is 0 Å². The molecule has 0 radical (unpaired) electrons. The van der Waals surface area contributed by atoms with Crippen molar-refractivity contribution in [1.82, 2.24) is 9.80 Å². The molecule has 2 aliphatic rings. The van der Waals surface area contributed by atoms with Gasteiger partial charge in [0.25, 0.3) is 0 Å². The van der Waals surface area contributed by atoms with Gasteiger partial charge in [0, 0.05) is 51.8 Å². The Morgan fingerprint density at radius 1 is 0.889 bits per heavy atom. The molecule has 0 saturated carbocycles. The molecule has 248 valence electrons. The fourth-order valence-corrected chi connectivity index (χ4v) is 6.41. The number of unbranched alkanes of at least 4 members (excludes halogenated alkanes) is 6. The zero-order chi connectivity index (χ0) is 32.0. The average molecular weight is 662 g/mol. The van der Waals surface area contributed by atoms with Crippen molar-refractivity contribution < 1.29 is 19.1 Å². The van der Waals surface area contributed by atoms with E-state index in [1.54, 1.807) is 9.80 Å². The Labute approximate surface area is 279 Å². The molecular weight excluding hydrogens is 611 g/mol. The predicted molar refractivity (Wildman–Crippen MR) is 184 cm³/mol. The van der Waals surface area contributed by atoms with Crippen molar-refractivity contribution in [1.29, 1.82) is 0 Å². The summed E-state index contributed by atoms with van der Waals surface area (Å²) in [6.45, 7) is 10.8. The lowest BCUT2D eigenvalue weighted by atomic mass is 10.0. The normalized spacial score (nSPS) is 15.2. The molecule has 2 heterocycles. The van der Waals surface area contributed by atoms with Gasteiger partial charge in [0.1, 0.15) is 5.75 Å². The van der Waals surface area contributed by atoms with Gasteiger partial charge >= 0.3 is 6.09 Å². The number of aryl methyl sites for hydroxylation is 1. The van der Waals surface area contributed by atoms with E-state index in [-0.39, 0.29) is 18.7 Å². The molecular formula is C35H50Cl2N4O4. The van der Waals surface area contributed by atoms with Crippen LogP contribution in [0.2, 0.25) is 10.0 Å². The molecule has 4 rings (SSSR count). The van der Waals surface area contributed by atoms with E-state index in [0.29, 0.717) is 42.6 Å². The molecule has 0 unspecified atom stereocenters. The third-order valence-corrected chi connectivity index (χ3v) is 9.59. The Balaban J connectivity index is 1.18. The summed E-state index contributed by atoms with van der Waals surface area (Å²) in [5.74, 6) is 0.689. The summed E-state index contributed by atoms with van der Waals surface area (Å²) in [7, 11) is 0. The molecule has 0 bridgehead atoms. The van der Waals surface area contributed by atoms with Crippen LogP contribution in [-0.4, -0.2) is 81.0 Å². The number of nitrogens with zero attached hydrogens (tertiary/aromatic N) is 4. The highest BCUT2D eigenvalue weighted by Crippen LogP contribution is 2.33. The van der Waals surface area contributed by atoms with Crippen LogP contribution in [0, 0.1) is 0 Å². The number of amides is 2. The summed E-state index contributed by atoms with van der Waals surface area (Å²) in [6, 6.07) is 11.7. The summed E-state index contributed by atoms with van der Waals surface area (Å²) in [5.41, 5.74) is 2.84. The largest absolute Gasteiger partial charge is 0.494 e. The number of carbonyl (C=O) groups is 2. The first-order valence-corrected chi connectivity index (χ1v) is 17.6. The van der Waals surface area contributed by atoms with Crippen LogP contribution in [0.5, 0.6) is 5.75 Å². The number of hydrogen-bond donors (Lipinski definition) is 0. The highest BCUT2D eigenvalue weighted by atomic mass is 35.5. The maximum atomic E-state index is 12.9. The van der Waals surface area contributed by atoms with Gasteiger partial charge in [-0.05, 0) is 62.9 Å². The second-order valence-electron chi connectivity index (χ2n) is 12.0. The first-order chi connectivity index (χ1) is 21.9. The topological polar surface area (TPSA) is 65.6 Å². The summed E-state index contributed by atoms with van der Waals surface area (Å²) in [5, 5.41) is 1.22. The van der Waals surface area contributed by atoms with Crippen molar-refractivity contribution in [2.45, 2.75) is 78.1 Å². The fraction of sp³-hybridized carbons (Fsp3) is 0.600. The Bertz CT molecular complexity index is 1240. The van der Waals surface area contributed by atoms with Crippen molar-refractivity contribution in [3.63, 3.8) is 0 Å². The quantitative estimate of drug-likeness (QED) is 0.160. The first kappa shape index (κ1) is 35.2. The number of ether oxygens (including phenoxy) is 2. The summed E-state index contributed by atoms with van der Waals surface area (Å²) >= 11 is 12.6. The second-order valence-corrected chi connectivity index (χ2v) is 12.7. The average Bonchev–Trinajstić information content (AvgIpc) is 3.05. The van der Waals surface area contributed by atoms with Crippen LogP contribution < -0.4 is 14.5 Å². The smallest absolute Gasteiger partial charge is 0.411 e. The molecule has 2 aliphatic heterocycles. The van der Waals surface area contributed by atoms with Gasteiger partial charge in [0.15, 0.2) is 6.73 Å². The molecule has 2 aromatic rings. The third kappa shape index (κ3) is 10.4. The third-order valence-electron chi connectivity index (χ3n) is 8.78. The standard InChI is InChI=1S/C35H50Cl2N4O4/c1-3-5-6-7-8-9-20-39(4-2)35(43)45-27-41-32-26-29(17-15-28(32)16-18-33(41)42)44-25-11-10-19-38-21-23-40(24-22-38)31-14-12-13-30(36)34(31)37/h12-15,17,26H,3-11,16,18-25,27H2,1-2H3. The first-order valence-electron chi connectivity index (χ1n) is 16.8. The van der Waals surface area contributed by atoms with Gasteiger partial charge in [-0.15, -0.1) is 0 Å². The number of fused-ring (bicyclic) bond motifs is 1.